The maximum Gasteiger partial charge on any atom is 0.339 e. The lowest BCUT2D eigenvalue weighted by Crippen LogP contribution is -2.16. The number of amides is 1. The molecule has 0 unspecified atom stereocenters. The maximum atomic E-state index is 12.5. The highest BCUT2D eigenvalue weighted by Crippen LogP contribution is 2.33. The zero-order chi connectivity index (χ0) is 17.8. The second-order valence-corrected chi connectivity index (χ2v) is 6.35. The number of aryl methyl sites for hydroxylation is 1. The first-order valence-electron chi connectivity index (χ1n) is 7.45. The van der Waals surface area contributed by atoms with Crippen LogP contribution in [0, 0.1) is 0 Å². The van der Waals surface area contributed by atoms with Crippen molar-refractivity contribution in [1.82, 2.24) is 9.78 Å². The minimum atomic E-state index is -1.19. The van der Waals surface area contributed by atoms with Crippen molar-refractivity contribution in [2.24, 2.45) is 7.05 Å². The van der Waals surface area contributed by atoms with Gasteiger partial charge in [0.1, 0.15) is 5.56 Å². The van der Waals surface area contributed by atoms with Crippen LogP contribution in [-0.4, -0.2) is 26.8 Å². The number of hydrogen-bond donors (Lipinski definition) is 2. The van der Waals surface area contributed by atoms with Crippen molar-refractivity contribution < 1.29 is 14.7 Å². The molecule has 2 aromatic carbocycles. The summed E-state index contributed by atoms with van der Waals surface area (Å²) in [6.07, 6.45) is 1.31. The van der Waals surface area contributed by atoms with E-state index in [1.165, 1.54) is 22.6 Å². The SMILES string of the molecule is Cn1cc(C(=O)O)c(C(=O)Nc2ccccc2Sc2ccccc2)n1. The van der Waals surface area contributed by atoms with Crippen LogP contribution in [-0.2, 0) is 7.05 Å². The molecule has 0 aliphatic heterocycles. The summed E-state index contributed by atoms with van der Waals surface area (Å²) in [6.45, 7) is 0. The topological polar surface area (TPSA) is 84.2 Å². The van der Waals surface area contributed by atoms with Crippen LogP contribution in [0.15, 0.2) is 70.6 Å². The van der Waals surface area contributed by atoms with Gasteiger partial charge in [0.25, 0.3) is 5.91 Å². The summed E-state index contributed by atoms with van der Waals surface area (Å²) in [5, 5.41) is 15.9. The molecule has 0 aliphatic rings. The number of aromatic carboxylic acids is 1. The van der Waals surface area contributed by atoms with E-state index in [0.29, 0.717) is 5.69 Å². The molecule has 3 aromatic rings. The average molecular weight is 353 g/mol. The Hall–Kier alpha value is -3.06. The van der Waals surface area contributed by atoms with E-state index in [0.717, 1.165) is 9.79 Å². The number of benzene rings is 2. The van der Waals surface area contributed by atoms with Gasteiger partial charge in [0.2, 0.25) is 0 Å². The van der Waals surface area contributed by atoms with Gasteiger partial charge in [0.05, 0.1) is 5.69 Å². The van der Waals surface area contributed by atoms with Crippen molar-refractivity contribution in [3.05, 3.63) is 72.1 Å². The molecule has 6 nitrogen and oxygen atoms in total. The van der Waals surface area contributed by atoms with Crippen LogP contribution in [0.25, 0.3) is 0 Å². The van der Waals surface area contributed by atoms with E-state index in [-0.39, 0.29) is 11.3 Å². The molecular weight excluding hydrogens is 338 g/mol. The summed E-state index contributed by atoms with van der Waals surface area (Å²) in [6, 6.07) is 17.1. The van der Waals surface area contributed by atoms with Crippen LogP contribution in [0.2, 0.25) is 0 Å². The van der Waals surface area contributed by atoms with Crippen molar-refractivity contribution in [3.8, 4) is 0 Å². The molecule has 0 saturated carbocycles. The van der Waals surface area contributed by atoms with Crippen LogP contribution >= 0.6 is 11.8 Å². The average Bonchev–Trinajstić information content (AvgIpc) is 3.00. The quantitative estimate of drug-likeness (QED) is 0.733. The summed E-state index contributed by atoms with van der Waals surface area (Å²) in [7, 11) is 1.57. The lowest BCUT2D eigenvalue weighted by atomic mass is 10.2. The molecule has 0 radical (unpaired) electrons. The van der Waals surface area contributed by atoms with Crippen LogP contribution in [0.5, 0.6) is 0 Å². The summed E-state index contributed by atoms with van der Waals surface area (Å²) in [5.74, 6) is -1.75. The lowest BCUT2D eigenvalue weighted by molar-refractivity contribution is 0.0692. The number of anilines is 1. The molecule has 1 aromatic heterocycles. The molecule has 1 heterocycles. The van der Waals surface area contributed by atoms with E-state index in [9.17, 15) is 14.7 Å². The first kappa shape index (κ1) is 16.8. The Morgan fingerprint density at radius 3 is 2.48 bits per heavy atom. The van der Waals surface area contributed by atoms with Crippen molar-refractivity contribution in [2.45, 2.75) is 9.79 Å². The molecule has 0 saturated heterocycles. The number of carbonyl (C=O) groups excluding carboxylic acids is 1. The van der Waals surface area contributed by atoms with E-state index in [4.69, 9.17) is 0 Å². The summed E-state index contributed by atoms with van der Waals surface area (Å²) < 4.78 is 1.31. The van der Waals surface area contributed by atoms with Gasteiger partial charge < -0.3 is 10.4 Å². The Bertz CT molecular complexity index is 922. The molecular formula is C18H15N3O3S. The standard InChI is InChI=1S/C18H15N3O3S/c1-21-11-13(18(23)24)16(20-21)17(22)19-14-9-5-6-10-15(14)25-12-7-3-2-4-8-12/h2-11H,1H3,(H,19,22)(H,23,24). The molecule has 0 fully saturated rings. The number of hydrogen-bond acceptors (Lipinski definition) is 4. The monoisotopic (exact) mass is 353 g/mol. The van der Waals surface area contributed by atoms with Crippen molar-refractivity contribution in [1.29, 1.82) is 0 Å². The number of para-hydroxylation sites is 1. The van der Waals surface area contributed by atoms with Crippen LogP contribution in [0.3, 0.4) is 0 Å². The molecule has 126 valence electrons. The number of nitrogens with zero attached hydrogens (tertiary/aromatic N) is 2. The Kier molecular flexibility index (Phi) is 4.85. The largest absolute Gasteiger partial charge is 0.478 e. The number of nitrogens with one attached hydrogen (secondary N) is 1. The zero-order valence-electron chi connectivity index (χ0n) is 13.3. The number of carbonyl (C=O) groups is 2. The fraction of sp³-hybridized carbons (Fsp3) is 0.0556. The Morgan fingerprint density at radius 1 is 1.08 bits per heavy atom. The van der Waals surface area contributed by atoms with E-state index in [1.807, 2.05) is 42.5 Å². The normalized spacial score (nSPS) is 10.4. The highest BCUT2D eigenvalue weighted by atomic mass is 32.2. The van der Waals surface area contributed by atoms with Gasteiger partial charge in [-0.1, -0.05) is 42.1 Å². The third-order valence-corrected chi connectivity index (χ3v) is 4.46. The lowest BCUT2D eigenvalue weighted by Gasteiger charge is -2.10. The van der Waals surface area contributed by atoms with Crippen molar-refractivity contribution >= 4 is 29.3 Å². The van der Waals surface area contributed by atoms with E-state index in [2.05, 4.69) is 10.4 Å². The third-order valence-electron chi connectivity index (χ3n) is 3.38. The van der Waals surface area contributed by atoms with E-state index >= 15 is 0 Å². The third kappa shape index (κ3) is 3.89. The molecule has 0 aliphatic carbocycles. The van der Waals surface area contributed by atoms with Crippen molar-refractivity contribution in [2.75, 3.05) is 5.32 Å². The number of rotatable bonds is 5. The van der Waals surface area contributed by atoms with Gasteiger partial charge in [0, 0.05) is 23.0 Å². The molecule has 3 rings (SSSR count). The van der Waals surface area contributed by atoms with E-state index in [1.54, 1.807) is 19.2 Å². The molecule has 7 heteroatoms. The first-order valence-corrected chi connectivity index (χ1v) is 8.26. The number of aromatic nitrogens is 2. The first-order chi connectivity index (χ1) is 12.0. The summed E-state index contributed by atoms with van der Waals surface area (Å²) in [5.41, 5.74) is 0.353. The minimum absolute atomic E-state index is 0.116. The maximum absolute atomic E-state index is 12.5. The smallest absolute Gasteiger partial charge is 0.339 e. The van der Waals surface area contributed by atoms with Gasteiger partial charge in [-0.05, 0) is 24.3 Å². The van der Waals surface area contributed by atoms with Crippen molar-refractivity contribution in [3.63, 3.8) is 0 Å². The van der Waals surface area contributed by atoms with Gasteiger partial charge in [-0.25, -0.2) is 4.79 Å². The zero-order valence-corrected chi connectivity index (χ0v) is 14.2. The predicted molar refractivity (Wildman–Crippen MR) is 95.1 cm³/mol. The summed E-state index contributed by atoms with van der Waals surface area (Å²) >= 11 is 1.51. The molecule has 2 N–H and O–H groups in total. The molecule has 25 heavy (non-hydrogen) atoms. The second kappa shape index (κ2) is 7.23. The number of carboxylic acids is 1. The number of carboxylic acid groups (broad SMARTS) is 1. The van der Waals surface area contributed by atoms with Gasteiger partial charge >= 0.3 is 5.97 Å². The van der Waals surface area contributed by atoms with E-state index < -0.39 is 11.9 Å². The van der Waals surface area contributed by atoms with Gasteiger partial charge in [-0.3, -0.25) is 9.48 Å². The fourth-order valence-corrected chi connectivity index (χ4v) is 3.19. The van der Waals surface area contributed by atoms with Crippen LogP contribution < -0.4 is 5.32 Å². The summed E-state index contributed by atoms with van der Waals surface area (Å²) in [4.78, 5) is 25.7. The van der Waals surface area contributed by atoms with Crippen LogP contribution in [0.4, 0.5) is 5.69 Å². The van der Waals surface area contributed by atoms with Gasteiger partial charge in [-0.2, -0.15) is 5.10 Å². The van der Waals surface area contributed by atoms with Gasteiger partial charge in [0.15, 0.2) is 5.69 Å². The predicted octanol–water partition coefficient (Wildman–Crippen LogP) is 3.52. The Balaban J connectivity index is 1.86. The molecule has 1 amide bonds. The van der Waals surface area contributed by atoms with Gasteiger partial charge in [-0.15, -0.1) is 0 Å². The fourth-order valence-electron chi connectivity index (χ4n) is 2.27. The highest BCUT2D eigenvalue weighted by molar-refractivity contribution is 7.99. The van der Waals surface area contributed by atoms with Crippen LogP contribution in [0.1, 0.15) is 20.8 Å². The minimum Gasteiger partial charge on any atom is -0.478 e. The molecule has 0 bridgehead atoms. The highest BCUT2D eigenvalue weighted by Gasteiger charge is 2.21. The Morgan fingerprint density at radius 2 is 1.76 bits per heavy atom. The second-order valence-electron chi connectivity index (χ2n) is 5.24. The molecule has 0 spiro atoms. The molecule has 0 atom stereocenters. The Labute approximate surface area is 148 Å².